The number of morpholine rings is 1. The van der Waals surface area contributed by atoms with Gasteiger partial charge in [-0.1, -0.05) is 92.3 Å². The number of hydrogen-bond donors (Lipinski definition) is 0. The van der Waals surface area contributed by atoms with Gasteiger partial charge in [-0.3, -0.25) is 4.90 Å². The van der Waals surface area contributed by atoms with Crippen LogP contribution in [0.2, 0.25) is 0 Å². The molecular formula is C30H35NO3. The SMILES string of the molecule is O=C(OCC1c2ccccc2-c2ccccc21)N1C2C=C(CCC3CCCCC3)CC1COC2. The monoisotopic (exact) mass is 457 g/mol. The van der Waals surface area contributed by atoms with Crippen LogP contribution in [-0.2, 0) is 9.47 Å². The molecule has 1 saturated carbocycles. The Labute approximate surface area is 202 Å². The number of hydrogen-bond acceptors (Lipinski definition) is 3. The molecule has 1 amide bonds. The van der Waals surface area contributed by atoms with E-state index in [2.05, 4.69) is 54.6 Å². The molecule has 2 aromatic carbocycles. The van der Waals surface area contributed by atoms with Crippen molar-refractivity contribution in [2.24, 2.45) is 5.92 Å². The molecule has 0 radical (unpaired) electrons. The van der Waals surface area contributed by atoms with Crippen molar-refractivity contribution >= 4 is 6.09 Å². The normalized spacial score (nSPS) is 24.4. The predicted octanol–water partition coefficient (Wildman–Crippen LogP) is 6.70. The topological polar surface area (TPSA) is 38.8 Å². The van der Waals surface area contributed by atoms with Crippen LogP contribution in [0.3, 0.4) is 0 Å². The highest BCUT2D eigenvalue weighted by atomic mass is 16.6. The highest BCUT2D eigenvalue weighted by Crippen LogP contribution is 2.44. The molecular weight excluding hydrogens is 422 g/mol. The summed E-state index contributed by atoms with van der Waals surface area (Å²) in [6.07, 6.45) is 12.5. The third-order valence-electron chi connectivity index (χ3n) is 8.42. The Morgan fingerprint density at radius 1 is 0.941 bits per heavy atom. The van der Waals surface area contributed by atoms with Gasteiger partial charge in [0.05, 0.1) is 25.3 Å². The van der Waals surface area contributed by atoms with E-state index in [9.17, 15) is 4.79 Å². The molecule has 4 nitrogen and oxygen atoms in total. The predicted molar refractivity (Wildman–Crippen MR) is 134 cm³/mol. The van der Waals surface area contributed by atoms with Gasteiger partial charge in [0.15, 0.2) is 0 Å². The molecule has 4 aliphatic rings. The van der Waals surface area contributed by atoms with Crippen LogP contribution in [0.25, 0.3) is 11.1 Å². The molecule has 2 aliphatic carbocycles. The van der Waals surface area contributed by atoms with Gasteiger partial charge in [0, 0.05) is 5.92 Å². The highest BCUT2D eigenvalue weighted by Gasteiger charge is 2.39. The lowest BCUT2D eigenvalue weighted by Gasteiger charge is -2.44. The Kier molecular flexibility index (Phi) is 6.17. The summed E-state index contributed by atoms with van der Waals surface area (Å²) in [4.78, 5) is 15.3. The first-order valence-corrected chi connectivity index (χ1v) is 13.2. The number of ether oxygens (including phenoxy) is 2. The summed E-state index contributed by atoms with van der Waals surface area (Å²) < 4.78 is 11.8. The molecule has 0 spiro atoms. The van der Waals surface area contributed by atoms with Crippen molar-refractivity contribution in [1.82, 2.24) is 4.90 Å². The van der Waals surface area contributed by atoms with Crippen molar-refractivity contribution < 1.29 is 14.3 Å². The first-order valence-electron chi connectivity index (χ1n) is 13.2. The van der Waals surface area contributed by atoms with E-state index in [4.69, 9.17) is 9.47 Å². The van der Waals surface area contributed by atoms with Gasteiger partial charge >= 0.3 is 6.09 Å². The summed E-state index contributed by atoms with van der Waals surface area (Å²) >= 11 is 0. The van der Waals surface area contributed by atoms with Gasteiger partial charge < -0.3 is 9.47 Å². The zero-order valence-electron chi connectivity index (χ0n) is 20.0. The second-order valence-corrected chi connectivity index (χ2v) is 10.5. The lowest BCUT2D eigenvalue weighted by molar-refractivity contribution is -0.0366. The summed E-state index contributed by atoms with van der Waals surface area (Å²) in [7, 11) is 0. The van der Waals surface area contributed by atoms with Gasteiger partial charge in [-0.05, 0) is 47.4 Å². The molecule has 178 valence electrons. The zero-order valence-corrected chi connectivity index (χ0v) is 20.0. The van der Waals surface area contributed by atoms with E-state index in [1.807, 2.05) is 4.90 Å². The van der Waals surface area contributed by atoms with Crippen molar-refractivity contribution in [3.63, 3.8) is 0 Å². The van der Waals surface area contributed by atoms with Gasteiger partial charge in [-0.2, -0.15) is 0 Å². The van der Waals surface area contributed by atoms with E-state index in [1.165, 1.54) is 72.8 Å². The molecule has 2 aliphatic heterocycles. The lowest BCUT2D eigenvalue weighted by atomic mass is 9.83. The molecule has 2 aromatic rings. The number of carbonyl (C=O) groups is 1. The number of benzene rings is 2. The molecule has 2 atom stereocenters. The van der Waals surface area contributed by atoms with Crippen LogP contribution in [0.5, 0.6) is 0 Å². The maximum absolute atomic E-state index is 13.3. The fourth-order valence-electron chi connectivity index (χ4n) is 6.69. The van der Waals surface area contributed by atoms with Crippen molar-refractivity contribution in [3.05, 3.63) is 71.3 Å². The van der Waals surface area contributed by atoms with Crippen molar-refractivity contribution in [3.8, 4) is 11.1 Å². The Bertz CT molecular complexity index is 1020. The van der Waals surface area contributed by atoms with Gasteiger partial charge in [-0.15, -0.1) is 0 Å². The highest BCUT2D eigenvalue weighted by molar-refractivity contribution is 5.79. The van der Waals surface area contributed by atoms with Crippen molar-refractivity contribution in [1.29, 1.82) is 0 Å². The van der Waals surface area contributed by atoms with Crippen LogP contribution in [-0.4, -0.2) is 42.9 Å². The lowest BCUT2D eigenvalue weighted by Crippen LogP contribution is -2.56. The average Bonchev–Trinajstić information content (AvgIpc) is 3.20. The number of nitrogens with zero attached hydrogens (tertiary/aromatic N) is 1. The number of rotatable bonds is 5. The largest absolute Gasteiger partial charge is 0.448 e. The van der Waals surface area contributed by atoms with E-state index >= 15 is 0 Å². The quantitative estimate of drug-likeness (QED) is 0.469. The van der Waals surface area contributed by atoms with Crippen LogP contribution in [0.1, 0.15) is 68.4 Å². The fraction of sp³-hybridized carbons (Fsp3) is 0.500. The maximum atomic E-state index is 13.3. The second-order valence-electron chi connectivity index (χ2n) is 10.5. The maximum Gasteiger partial charge on any atom is 0.410 e. The van der Waals surface area contributed by atoms with Crippen LogP contribution in [0.15, 0.2) is 60.2 Å². The van der Waals surface area contributed by atoms with Gasteiger partial charge in [0.2, 0.25) is 0 Å². The molecule has 2 unspecified atom stereocenters. The summed E-state index contributed by atoms with van der Waals surface area (Å²) in [5.74, 6) is 0.990. The molecule has 0 aromatic heterocycles. The summed E-state index contributed by atoms with van der Waals surface area (Å²) in [6.45, 7) is 1.57. The minimum atomic E-state index is -0.192. The Morgan fingerprint density at radius 2 is 1.65 bits per heavy atom. The van der Waals surface area contributed by atoms with E-state index in [0.29, 0.717) is 19.8 Å². The zero-order chi connectivity index (χ0) is 22.9. The van der Waals surface area contributed by atoms with Crippen LogP contribution in [0.4, 0.5) is 4.79 Å². The van der Waals surface area contributed by atoms with Crippen LogP contribution in [0, 0.1) is 5.92 Å². The Balaban J connectivity index is 1.12. The fourth-order valence-corrected chi connectivity index (χ4v) is 6.69. The van der Waals surface area contributed by atoms with Gasteiger partial charge in [0.1, 0.15) is 6.61 Å². The Hall–Kier alpha value is -2.59. The van der Waals surface area contributed by atoms with E-state index in [-0.39, 0.29) is 24.1 Å². The average molecular weight is 458 g/mol. The first kappa shape index (κ1) is 21.9. The smallest absolute Gasteiger partial charge is 0.410 e. The van der Waals surface area contributed by atoms with Gasteiger partial charge in [-0.25, -0.2) is 4.79 Å². The Morgan fingerprint density at radius 3 is 2.35 bits per heavy atom. The molecule has 2 bridgehead atoms. The van der Waals surface area contributed by atoms with Crippen molar-refractivity contribution in [2.45, 2.75) is 69.4 Å². The minimum absolute atomic E-state index is 0.00417. The third kappa shape index (κ3) is 4.17. The minimum Gasteiger partial charge on any atom is -0.448 e. The summed E-state index contributed by atoms with van der Waals surface area (Å²) in [5.41, 5.74) is 6.54. The van der Waals surface area contributed by atoms with Gasteiger partial charge in [0.25, 0.3) is 0 Å². The van der Waals surface area contributed by atoms with E-state index in [1.54, 1.807) is 0 Å². The molecule has 1 saturated heterocycles. The molecule has 6 rings (SSSR count). The second kappa shape index (κ2) is 9.58. The standard InChI is InChI=1S/C30H35NO3/c32-30(34-20-29-27-12-6-4-10-25(27)26-11-5-7-13-28(26)29)31-23-16-22(17-24(31)19-33-18-23)15-14-21-8-2-1-3-9-21/h4-7,10-13,16,21,23-24,29H,1-3,8-9,14-15,17-20H2. The molecule has 2 fully saturated rings. The molecule has 0 N–H and O–H groups in total. The molecule has 2 heterocycles. The third-order valence-corrected chi connectivity index (χ3v) is 8.42. The van der Waals surface area contributed by atoms with E-state index < -0.39 is 0 Å². The van der Waals surface area contributed by atoms with Crippen LogP contribution >= 0.6 is 0 Å². The summed E-state index contributed by atoms with van der Waals surface area (Å²) in [5, 5.41) is 0. The van der Waals surface area contributed by atoms with Crippen molar-refractivity contribution in [2.75, 3.05) is 19.8 Å². The van der Waals surface area contributed by atoms with E-state index in [0.717, 1.165) is 12.3 Å². The molecule has 4 heteroatoms. The summed E-state index contributed by atoms with van der Waals surface area (Å²) in [6, 6.07) is 17.1. The number of carbonyl (C=O) groups excluding carboxylic acids is 1. The number of fused-ring (bicyclic) bond motifs is 5. The molecule has 34 heavy (non-hydrogen) atoms. The van der Waals surface area contributed by atoms with Crippen LogP contribution < -0.4 is 0 Å². The number of amides is 1. The first-order chi connectivity index (χ1) is 16.8.